The molecule has 0 spiro atoms. The van der Waals surface area contributed by atoms with E-state index in [1.165, 1.54) is 12.1 Å². The molecular weight excluding hydrogens is 276 g/mol. The highest BCUT2D eigenvalue weighted by Crippen LogP contribution is 2.17. The first kappa shape index (κ1) is 14.1. The van der Waals surface area contributed by atoms with Crippen molar-refractivity contribution in [2.75, 3.05) is 0 Å². The van der Waals surface area contributed by atoms with E-state index in [4.69, 9.17) is 11.6 Å². The number of amides is 1. The Balaban J connectivity index is 2.16. The lowest BCUT2D eigenvalue weighted by molar-refractivity contribution is 0.0952. The number of para-hydroxylation sites is 1. The van der Waals surface area contributed by atoms with Crippen LogP contribution in [0, 0.1) is 0 Å². The van der Waals surface area contributed by atoms with Gasteiger partial charge in [0, 0.05) is 10.6 Å². The Morgan fingerprint density at radius 1 is 1.10 bits per heavy atom. The van der Waals surface area contributed by atoms with E-state index in [9.17, 15) is 9.90 Å². The largest absolute Gasteiger partial charge is 0.507 e. The van der Waals surface area contributed by atoms with Gasteiger partial charge < -0.3 is 5.11 Å². The maximum atomic E-state index is 11.9. The maximum Gasteiger partial charge on any atom is 0.275 e. The molecule has 0 bridgehead atoms. The summed E-state index contributed by atoms with van der Waals surface area (Å²) in [5.41, 5.74) is 3.89. The van der Waals surface area contributed by atoms with Gasteiger partial charge in [0.1, 0.15) is 5.75 Å². The van der Waals surface area contributed by atoms with Gasteiger partial charge in [-0.05, 0) is 25.1 Å². The molecular formula is C15H13ClN2O2. The summed E-state index contributed by atoms with van der Waals surface area (Å²) in [5, 5.41) is 14.1. The Kier molecular flexibility index (Phi) is 4.38. The van der Waals surface area contributed by atoms with Crippen LogP contribution in [0.2, 0.25) is 5.02 Å². The molecule has 0 saturated carbocycles. The molecule has 1 amide bonds. The average molecular weight is 289 g/mol. The number of nitrogens with one attached hydrogen (secondary N) is 1. The topological polar surface area (TPSA) is 61.7 Å². The highest BCUT2D eigenvalue weighted by Gasteiger charge is 2.09. The average Bonchev–Trinajstić information content (AvgIpc) is 2.45. The Morgan fingerprint density at radius 2 is 1.70 bits per heavy atom. The fourth-order valence-electron chi connectivity index (χ4n) is 1.68. The van der Waals surface area contributed by atoms with Crippen molar-refractivity contribution in [3.8, 4) is 5.75 Å². The smallest absolute Gasteiger partial charge is 0.275 e. The van der Waals surface area contributed by atoms with E-state index in [1.807, 2.05) is 18.2 Å². The van der Waals surface area contributed by atoms with Crippen molar-refractivity contribution in [3.05, 3.63) is 64.7 Å². The Hall–Kier alpha value is -2.33. The standard InChI is InChI=1S/C15H13ClN2O2/c1-10(11-6-2-4-8-13(11)16)17-18-15(20)12-7-3-5-9-14(12)19/h2-9,19H,1H3,(H,18,20)/b17-10-. The van der Waals surface area contributed by atoms with Crippen molar-refractivity contribution in [1.29, 1.82) is 0 Å². The van der Waals surface area contributed by atoms with Crippen LogP contribution in [-0.4, -0.2) is 16.7 Å². The first-order chi connectivity index (χ1) is 9.59. The normalized spacial score (nSPS) is 11.2. The van der Waals surface area contributed by atoms with Gasteiger partial charge in [0.25, 0.3) is 5.91 Å². The maximum absolute atomic E-state index is 11.9. The lowest BCUT2D eigenvalue weighted by Crippen LogP contribution is -2.19. The molecule has 0 aliphatic carbocycles. The van der Waals surface area contributed by atoms with Gasteiger partial charge in [-0.15, -0.1) is 0 Å². The summed E-state index contributed by atoms with van der Waals surface area (Å²) < 4.78 is 0. The first-order valence-electron chi connectivity index (χ1n) is 5.97. The monoisotopic (exact) mass is 288 g/mol. The van der Waals surface area contributed by atoms with Crippen molar-refractivity contribution in [1.82, 2.24) is 5.43 Å². The SMILES string of the molecule is C/C(=N/NC(=O)c1ccccc1O)c1ccccc1Cl. The Bertz CT molecular complexity index is 668. The third kappa shape index (κ3) is 3.16. The molecule has 0 atom stereocenters. The Morgan fingerprint density at radius 3 is 2.35 bits per heavy atom. The molecule has 5 heteroatoms. The van der Waals surface area contributed by atoms with E-state index < -0.39 is 5.91 Å². The van der Waals surface area contributed by atoms with Crippen LogP contribution in [0.3, 0.4) is 0 Å². The van der Waals surface area contributed by atoms with Gasteiger partial charge in [0.05, 0.1) is 11.3 Å². The minimum absolute atomic E-state index is 0.0874. The minimum Gasteiger partial charge on any atom is -0.507 e. The second-order valence-electron chi connectivity index (χ2n) is 4.14. The number of aromatic hydroxyl groups is 1. The number of phenols is 1. The molecule has 102 valence electrons. The molecule has 0 unspecified atom stereocenters. The van der Waals surface area contributed by atoms with Crippen molar-refractivity contribution in [3.63, 3.8) is 0 Å². The van der Waals surface area contributed by atoms with Crippen LogP contribution in [-0.2, 0) is 0 Å². The third-order valence-corrected chi connectivity index (χ3v) is 3.07. The van der Waals surface area contributed by atoms with Crippen LogP contribution in [0.15, 0.2) is 53.6 Å². The van der Waals surface area contributed by atoms with Crippen LogP contribution in [0.5, 0.6) is 5.75 Å². The zero-order valence-corrected chi connectivity index (χ0v) is 11.6. The van der Waals surface area contributed by atoms with Gasteiger partial charge in [-0.3, -0.25) is 4.79 Å². The molecule has 0 fully saturated rings. The number of nitrogens with zero attached hydrogens (tertiary/aromatic N) is 1. The van der Waals surface area contributed by atoms with E-state index in [0.717, 1.165) is 5.56 Å². The van der Waals surface area contributed by atoms with Crippen LogP contribution in [0.4, 0.5) is 0 Å². The highest BCUT2D eigenvalue weighted by molar-refractivity contribution is 6.34. The van der Waals surface area contributed by atoms with Gasteiger partial charge in [0.2, 0.25) is 0 Å². The number of halogens is 1. The van der Waals surface area contributed by atoms with Crippen molar-refractivity contribution < 1.29 is 9.90 Å². The number of hydrogen-bond donors (Lipinski definition) is 2. The molecule has 2 N–H and O–H groups in total. The molecule has 0 aliphatic heterocycles. The molecule has 0 aliphatic rings. The van der Waals surface area contributed by atoms with Crippen LogP contribution in [0.25, 0.3) is 0 Å². The quantitative estimate of drug-likeness (QED) is 0.673. The lowest BCUT2D eigenvalue weighted by Gasteiger charge is -2.05. The molecule has 2 rings (SSSR count). The summed E-state index contributed by atoms with van der Waals surface area (Å²) in [6.45, 7) is 1.74. The fraction of sp³-hybridized carbons (Fsp3) is 0.0667. The molecule has 0 heterocycles. The minimum atomic E-state index is -0.477. The predicted octanol–water partition coefficient (Wildman–Crippen LogP) is 3.20. The number of rotatable bonds is 3. The van der Waals surface area contributed by atoms with E-state index in [2.05, 4.69) is 10.5 Å². The summed E-state index contributed by atoms with van der Waals surface area (Å²) in [5.74, 6) is -0.565. The predicted molar refractivity (Wildman–Crippen MR) is 79.2 cm³/mol. The van der Waals surface area contributed by atoms with E-state index >= 15 is 0 Å². The Labute approximate surface area is 121 Å². The summed E-state index contributed by atoms with van der Waals surface area (Å²) in [6, 6.07) is 13.5. The second-order valence-corrected chi connectivity index (χ2v) is 4.54. The molecule has 0 radical (unpaired) electrons. The van der Waals surface area contributed by atoms with Crippen molar-refractivity contribution >= 4 is 23.2 Å². The molecule has 4 nitrogen and oxygen atoms in total. The van der Waals surface area contributed by atoms with E-state index in [0.29, 0.717) is 10.7 Å². The van der Waals surface area contributed by atoms with Crippen LogP contribution < -0.4 is 5.43 Å². The zero-order valence-electron chi connectivity index (χ0n) is 10.8. The number of hydrogen-bond acceptors (Lipinski definition) is 3. The summed E-state index contributed by atoms with van der Waals surface area (Å²) in [6.07, 6.45) is 0. The molecule has 2 aromatic rings. The zero-order chi connectivity index (χ0) is 14.5. The number of hydrazone groups is 1. The molecule has 20 heavy (non-hydrogen) atoms. The number of carbonyl (C=O) groups is 1. The summed E-state index contributed by atoms with van der Waals surface area (Å²) >= 11 is 6.04. The summed E-state index contributed by atoms with van der Waals surface area (Å²) in [7, 11) is 0. The second kappa shape index (κ2) is 6.21. The van der Waals surface area contributed by atoms with Gasteiger partial charge >= 0.3 is 0 Å². The van der Waals surface area contributed by atoms with Crippen LogP contribution in [0.1, 0.15) is 22.8 Å². The van der Waals surface area contributed by atoms with E-state index in [1.54, 1.807) is 25.1 Å². The van der Waals surface area contributed by atoms with Gasteiger partial charge in [0.15, 0.2) is 0 Å². The lowest BCUT2D eigenvalue weighted by atomic mass is 10.1. The van der Waals surface area contributed by atoms with Gasteiger partial charge in [-0.1, -0.05) is 41.9 Å². The van der Waals surface area contributed by atoms with E-state index in [-0.39, 0.29) is 11.3 Å². The van der Waals surface area contributed by atoms with Gasteiger partial charge in [-0.25, -0.2) is 5.43 Å². The van der Waals surface area contributed by atoms with Crippen molar-refractivity contribution in [2.45, 2.75) is 6.92 Å². The third-order valence-electron chi connectivity index (χ3n) is 2.74. The molecule has 2 aromatic carbocycles. The highest BCUT2D eigenvalue weighted by atomic mass is 35.5. The summed E-state index contributed by atoms with van der Waals surface area (Å²) in [4.78, 5) is 11.9. The molecule has 0 saturated heterocycles. The molecule has 0 aromatic heterocycles. The fourth-order valence-corrected chi connectivity index (χ4v) is 1.95. The first-order valence-corrected chi connectivity index (χ1v) is 6.35. The number of carbonyl (C=O) groups excluding carboxylic acids is 1. The van der Waals surface area contributed by atoms with Crippen LogP contribution >= 0.6 is 11.6 Å². The van der Waals surface area contributed by atoms with Gasteiger partial charge in [-0.2, -0.15) is 5.10 Å². The number of phenolic OH excluding ortho intramolecular Hbond substituents is 1. The number of benzene rings is 2. The van der Waals surface area contributed by atoms with Crippen molar-refractivity contribution in [2.24, 2.45) is 5.10 Å².